The van der Waals surface area contributed by atoms with Gasteiger partial charge in [0.15, 0.2) is 0 Å². The third kappa shape index (κ3) is 6.15. The topological polar surface area (TPSA) is 53.0 Å². The van der Waals surface area contributed by atoms with Gasteiger partial charge in [0.25, 0.3) is 5.91 Å². The maximum absolute atomic E-state index is 12.3. The molecular weight excluding hydrogens is 412 g/mol. The van der Waals surface area contributed by atoms with Crippen molar-refractivity contribution in [2.75, 3.05) is 46.4 Å². The van der Waals surface area contributed by atoms with Crippen LogP contribution in [0.15, 0.2) is 48.5 Å². The fourth-order valence-electron chi connectivity index (χ4n) is 5.02. The zero-order valence-electron chi connectivity index (χ0n) is 20.1. The summed E-state index contributed by atoms with van der Waals surface area (Å²) in [6, 6.07) is 15.8. The van der Waals surface area contributed by atoms with Crippen LogP contribution in [0.3, 0.4) is 0 Å². The van der Waals surface area contributed by atoms with Crippen LogP contribution in [0, 0.1) is 11.3 Å². The molecule has 1 aliphatic heterocycles. The van der Waals surface area contributed by atoms with Gasteiger partial charge in [-0.15, -0.1) is 0 Å². The number of nitrogens with zero attached hydrogens (tertiary/aromatic N) is 2. The highest BCUT2D eigenvalue weighted by Crippen LogP contribution is 2.41. The van der Waals surface area contributed by atoms with E-state index in [1.807, 2.05) is 36.4 Å². The number of hydrogen-bond donors (Lipinski definition) is 1. The summed E-state index contributed by atoms with van der Waals surface area (Å²) in [5.74, 6) is 1.48. The molecule has 1 amide bonds. The second-order valence-electron chi connectivity index (χ2n) is 10.2. The molecule has 2 fully saturated rings. The molecule has 0 spiro atoms. The molecule has 0 bridgehead atoms. The van der Waals surface area contributed by atoms with Crippen LogP contribution < -0.4 is 4.74 Å². The second-order valence-corrected chi connectivity index (χ2v) is 10.2. The standard InChI is InChI=1S/C28H38N2O3/c1-28(14-3-15-28)21-30-16-12-22(13-17-30)20-33-26-10-8-24(9-11-26)23-4-6-25(7-5-23)27(32)29(2)18-19-31/h4-11,22,31H,3,12-21H2,1-2H3. The normalized spacial score (nSPS) is 18.5. The minimum absolute atomic E-state index is 0.0343. The van der Waals surface area contributed by atoms with Crippen molar-refractivity contribution in [1.82, 2.24) is 9.80 Å². The Labute approximate surface area is 198 Å². The van der Waals surface area contributed by atoms with Crippen molar-refractivity contribution >= 4 is 5.91 Å². The third-order valence-electron chi connectivity index (χ3n) is 7.46. The van der Waals surface area contributed by atoms with Gasteiger partial charge in [-0.3, -0.25) is 4.79 Å². The minimum Gasteiger partial charge on any atom is -0.493 e. The molecule has 1 saturated heterocycles. The number of amides is 1. The number of carbonyl (C=O) groups excluding carboxylic acids is 1. The number of ether oxygens (including phenoxy) is 1. The van der Waals surface area contributed by atoms with E-state index in [-0.39, 0.29) is 12.5 Å². The lowest BCUT2D eigenvalue weighted by Gasteiger charge is -2.44. The van der Waals surface area contributed by atoms with E-state index in [0.29, 0.717) is 23.4 Å². The van der Waals surface area contributed by atoms with E-state index < -0.39 is 0 Å². The fourth-order valence-corrected chi connectivity index (χ4v) is 5.02. The predicted molar refractivity (Wildman–Crippen MR) is 133 cm³/mol. The van der Waals surface area contributed by atoms with Crippen LogP contribution in [0.1, 0.15) is 49.4 Å². The minimum atomic E-state index is -0.0811. The van der Waals surface area contributed by atoms with E-state index in [9.17, 15) is 4.79 Å². The molecule has 0 aromatic heterocycles. The van der Waals surface area contributed by atoms with E-state index in [1.165, 1.54) is 56.6 Å². The predicted octanol–water partition coefficient (Wildman–Crippen LogP) is 4.70. The Morgan fingerprint density at radius 3 is 2.21 bits per heavy atom. The lowest BCUT2D eigenvalue weighted by atomic mass is 9.70. The summed E-state index contributed by atoms with van der Waals surface area (Å²) in [7, 11) is 1.70. The van der Waals surface area contributed by atoms with Crippen molar-refractivity contribution in [3.05, 3.63) is 54.1 Å². The molecule has 1 heterocycles. The van der Waals surface area contributed by atoms with Crippen molar-refractivity contribution in [3.8, 4) is 16.9 Å². The number of aliphatic hydroxyl groups excluding tert-OH is 1. The first-order chi connectivity index (χ1) is 16.0. The van der Waals surface area contributed by atoms with Gasteiger partial charge in [-0.05, 0) is 85.5 Å². The second kappa shape index (κ2) is 10.7. The summed E-state index contributed by atoms with van der Waals surface area (Å²) in [6.45, 7) is 7.22. The van der Waals surface area contributed by atoms with Gasteiger partial charge in [0.1, 0.15) is 5.75 Å². The largest absolute Gasteiger partial charge is 0.493 e. The Balaban J connectivity index is 1.24. The number of rotatable bonds is 9. The van der Waals surface area contributed by atoms with Gasteiger partial charge in [-0.2, -0.15) is 0 Å². The van der Waals surface area contributed by atoms with Crippen LogP contribution in [0.25, 0.3) is 11.1 Å². The van der Waals surface area contributed by atoms with Crippen LogP contribution in [-0.2, 0) is 0 Å². The maximum Gasteiger partial charge on any atom is 0.253 e. The molecule has 4 rings (SSSR count). The van der Waals surface area contributed by atoms with Crippen molar-refractivity contribution in [3.63, 3.8) is 0 Å². The van der Waals surface area contributed by atoms with E-state index in [0.717, 1.165) is 23.5 Å². The molecule has 1 N–H and O–H groups in total. The molecule has 0 atom stereocenters. The van der Waals surface area contributed by atoms with E-state index >= 15 is 0 Å². The number of likely N-dealkylation sites (tertiary alicyclic amines) is 1. The molecule has 1 saturated carbocycles. The zero-order chi connectivity index (χ0) is 23.3. The van der Waals surface area contributed by atoms with Gasteiger partial charge in [0.05, 0.1) is 13.2 Å². The van der Waals surface area contributed by atoms with Crippen molar-refractivity contribution in [2.45, 2.75) is 39.0 Å². The molecular formula is C28H38N2O3. The SMILES string of the molecule is CN(CCO)C(=O)c1ccc(-c2ccc(OCC3CCN(CC4(C)CCC4)CC3)cc2)cc1. The molecule has 1 aliphatic carbocycles. The fraction of sp³-hybridized carbons (Fsp3) is 0.536. The Hall–Kier alpha value is -2.37. The Morgan fingerprint density at radius 2 is 1.67 bits per heavy atom. The average Bonchev–Trinajstić information content (AvgIpc) is 2.83. The Kier molecular flexibility index (Phi) is 7.71. The lowest BCUT2D eigenvalue weighted by Crippen LogP contribution is -2.44. The molecule has 2 aliphatic rings. The molecule has 2 aromatic rings. The highest BCUT2D eigenvalue weighted by atomic mass is 16.5. The zero-order valence-corrected chi connectivity index (χ0v) is 20.1. The van der Waals surface area contributed by atoms with Gasteiger partial charge in [0.2, 0.25) is 0 Å². The molecule has 33 heavy (non-hydrogen) atoms. The summed E-state index contributed by atoms with van der Waals surface area (Å²) < 4.78 is 6.12. The molecule has 0 radical (unpaired) electrons. The van der Waals surface area contributed by atoms with Crippen LogP contribution in [0.5, 0.6) is 5.75 Å². The Bertz CT molecular complexity index is 898. The van der Waals surface area contributed by atoms with Crippen molar-refractivity contribution < 1.29 is 14.6 Å². The van der Waals surface area contributed by atoms with Gasteiger partial charge < -0.3 is 19.6 Å². The number of hydrogen-bond acceptors (Lipinski definition) is 4. The van der Waals surface area contributed by atoms with Crippen LogP contribution in [0.2, 0.25) is 0 Å². The summed E-state index contributed by atoms with van der Waals surface area (Å²) in [4.78, 5) is 16.5. The molecule has 2 aromatic carbocycles. The van der Waals surface area contributed by atoms with E-state index in [2.05, 4.69) is 24.0 Å². The first-order valence-corrected chi connectivity index (χ1v) is 12.4. The van der Waals surface area contributed by atoms with E-state index in [1.54, 1.807) is 7.05 Å². The first-order valence-electron chi connectivity index (χ1n) is 12.4. The number of piperidine rings is 1. The highest BCUT2D eigenvalue weighted by molar-refractivity contribution is 5.94. The summed E-state index contributed by atoms with van der Waals surface area (Å²) in [5, 5.41) is 9.01. The summed E-state index contributed by atoms with van der Waals surface area (Å²) in [5.41, 5.74) is 3.37. The van der Waals surface area contributed by atoms with Gasteiger partial charge in [-0.1, -0.05) is 37.6 Å². The lowest BCUT2D eigenvalue weighted by molar-refractivity contribution is 0.0564. The molecule has 5 nitrogen and oxygen atoms in total. The van der Waals surface area contributed by atoms with E-state index in [4.69, 9.17) is 9.84 Å². The summed E-state index contributed by atoms with van der Waals surface area (Å²) in [6.07, 6.45) is 6.67. The smallest absolute Gasteiger partial charge is 0.253 e. The highest BCUT2D eigenvalue weighted by Gasteiger charge is 2.34. The molecule has 0 unspecified atom stereocenters. The number of carbonyl (C=O) groups is 1. The Morgan fingerprint density at radius 1 is 1.06 bits per heavy atom. The van der Waals surface area contributed by atoms with Crippen LogP contribution in [0.4, 0.5) is 0 Å². The summed E-state index contributed by atoms with van der Waals surface area (Å²) >= 11 is 0. The number of benzene rings is 2. The first kappa shape index (κ1) is 23.8. The van der Waals surface area contributed by atoms with Gasteiger partial charge in [0, 0.05) is 25.7 Å². The van der Waals surface area contributed by atoms with Crippen LogP contribution in [-0.4, -0.2) is 67.3 Å². The van der Waals surface area contributed by atoms with Crippen molar-refractivity contribution in [1.29, 1.82) is 0 Å². The third-order valence-corrected chi connectivity index (χ3v) is 7.46. The molecule has 5 heteroatoms. The molecule has 178 valence electrons. The maximum atomic E-state index is 12.3. The van der Waals surface area contributed by atoms with Crippen LogP contribution >= 0.6 is 0 Å². The monoisotopic (exact) mass is 450 g/mol. The van der Waals surface area contributed by atoms with Crippen molar-refractivity contribution in [2.24, 2.45) is 11.3 Å². The van der Waals surface area contributed by atoms with Gasteiger partial charge >= 0.3 is 0 Å². The quantitative estimate of drug-likeness (QED) is 0.602. The van der Waals surface area contributed by atoms with Gasteiger partial charge in [-0.25, -0.2) is 0 Å². The number of likely N-dealkylation sites (N-methyl/N-ethyl adjacent to an activating group) is 1. The number of aliphatic hydroxyl groups is 1. The average molecular weight is 451 g/mol.